The van der Waals surface area contributed by atoms with E-state index < -0.39 is 24.6 Å². The lowest BCUT2D eigenvalue weighted by Crippen LogP contribution is -2.60. The van der Waals surface area contributed by atoms with Gasteiger partial charge in [-0.25, -0.2) is 0 Å². The summed E-state index contributed by atoms with van der Waals surface area (Å²) in [7, 11) is 6.07. The van der Waals surface area contributed by atoms with Crippen LogP contribution in [-0.2, 0) is 23.7 Å². The van der Waals surface area contributed by atoms with Gasteiger partial charge in [-0.1, -0.05) is 0 Å². The Hall–Kier alpha value is -0.240. The van der Waals surface area contributed by atoms with Crippen LogP contribution in [0.2, 0.25) is 0 Å². The molecule has 0 saturated carbocycles. The zero-order valence-corrected chi connectivity index (χ0v) is 10.1. The minimum Gasteiger partial charge on any atom is -0.387 e. The van der Waals surface area contributed by atoms with Crippen LogP contribution >= 0.6 is 0 Å². The molecule has 96 valence electrons. The molecule has 0 aliphatic carbocycles. The number of rotatable bonds is 5. The van der Waals surface area contributed by atoms with Crippen molar-refractivity contribution in [2.45, 2.75) is 30.7 Å². The van der Waals surface area contributed by atoms with Crippen molar-refractivity contribution in [3.05, 3.63) is 0 Å². The van der Waals surface area contributed by atoms with Crippen LogP contribution in [0.25, 0.3) is 0 Å². The Bertz CT molecular complexity index is 198. The summed E-state index contributed by atoms with van der Waals surface area (Å²) in [5, 5.41) is 10.1. The Labute approximate surface area is 95.4 Å². The van der Waals surface area contributed by atoms with Gasteiger partial charge in [0.05, 0.1) is 6.61 Å². The lowest BCUT2D eigenvalue weighted by atomic mass is 9.99. The van der Waals surface area contributed by atoms with Gasteiger partial charge in [-0.15, -0.1) is 0 Å². The van der Waals surface area contributed by atoms with Crippen LogP contribution in [0.5, 0.6) is 0 Å². The second-order valence-corrected chi connectivity index (χ2v) is 3.63. The van der Waals surface area contributed by atoms with Gasteiger partial charge >= 0.3 is 0 Å². The Balaban J connectivity index is 2.75. The minimum atomic E-state index is -0.811. The normalized spacial score (nSPS) is 39.9. The predicted octanol–water partition coefficient (Wildman–Crippen LogP) is -0.605. The second-order valence-electron chi connectivity index (χ2n) is 3.63. The summed E-state index contributed by atoms with van der Waals surface area (Å²) in [6, 6.07) is 0. The molecular weight excluding hydrogens is 216 g/mol. The zero-order valence-electron chi connectivity index (χ0n) is 10.1. The second kappa shape index (κ2) is 6.48. The van der Waals surface area contributed by atoms with Crippen molar-refractivity contribution in [2.75, 3.05) is 35.0 Å². The highest BCUT2D eigenvalue weighted by Gasteiger charge is 2.46. The molecule has 0 aromatic heterocycles. The summed E-state index contributed by atoms with van der Waals surface area (Å²) < 4.78 is 26.1. The molecular formula is C10H20O6. The summed E-state index contributed by atoms with van der Waals surface area (Å²) in [5.41, 5.74) is 0. The van der Waals surface area contributed by atoms with E-state index in [1.165, 1.54) is 21.3 Å². The zero-order chi connectivity index (χ0) is 12.1. The highest BCUT2D eigenvalue weighted by molar-refractivity contribution is 4.90. The lowest BCUT2D eigenvalue weighted by Gasteiger charge is -2.42. The summed E-state index contributed by atoms with van der Waals surface area (Å²) in [6.07, 6.45) is -2.86. The van der Waals surface area contributed by atoms with Gasteiger partial charge in [0.2, 0.25) is 0 Å². The molecule has 0 amide bonds. The summed E-state index contributed by atoms with van der Waals surface area (Å²) >= 11 is 0. The molecule has 1 rings (SSSR count). The highest BCUT2D eigenvalue weighted by atomic mass is 16.7. The number of hydrogen-bond acceptors (Lipinski definition) is 6. The molecule has 1 N–H and O–H groups in total. The highest BCUT2D eigenvalue weighted by Crippen LogP contribution is 2.25. The predicted molar refractivity (Wildman–Crippen MR) is 55.1 cm³/mol. The van der Waals surface area contributed by atoms with Crippen molar-refractivity contribution in [3.63, 3.8) is 0 Å². The first-order chi connectivity index (χ1) is 7.69. The van der Waals surface area contributed by atoms with E-state index in [1.54, 1.807) is 7.11 Å². The maximum absolute atomic E-state index is 10.1. The molecule has 6 heteroatoms. The monoisotopic (exact) mass is 236 g/mol. The molecule has 0 unspecified atom stereocenters. The van der Waals surface area contributed by atoms with Crippen molar-refractivity contribution in [1.82, 2.24) is 0 Å². The quantitative estimate of drug-likeness (QED) is 0.687. The van der Waals surface area contributed by atoms with Crippen LogP contribution in [0.3, 0.4) is 0 Å². The maximum atomic E-state index is 10.1. The third-order valence-corrected chi connectivity index (χ3v) is 2.72. The van der Waals surface area contributed by atoms with E-state index in [0.29, 0.717) is 6.61 Å². The molecule has 5 atom stereocenters. The van der Waals surface area contributed by atoms with Gasteiger partial charge in [0.25, 0.3) is 0 Å². The topological polar surface area (TPSA) is 66.4 Å². The minimum absolute atomic E-state index is 0.325. The summed E-state index contributed by atoms with van der Waals surface area (Å²) in [4.78, 5) is 0. The fourth-order valence-corrected chi connectivity index (χ4v) is 1.92. The van der Waals surface area contributed by atoms with Crippen LogP contribution in [0, 0.1) is 0 Å². The van der Waals surface area contributed by atoms with Gasteiger partial charge in [0, 0.05) is 28.4 Å². The average Bonchev–Trinajstić information content (AvgIpc) is 2.29. The van der Waals surface area contributed by atoms with E-state index in [2.05, 4.69) is 0 Å². The first kappa shape index (κ1) is 13.8. The van der Waals surface area contributed by atoms with E-state index in [0.717, 1.165) is 0 Å². The van der Waals surface area contributed by atoms with Crippen LogP contribution in [0.4, 0.5) is 0 Å². The van der Waals surface area contributed by atoms with Crippen molar-refractivity contribution < 1.29 is 28.8 Å². The third kappa shape index (κ3) is 2.71. The van der Waals surface area contributed by atoms with Crippen LogP contribution in [-0.4, -0.2) is 70.9 Å². The molecule has 0 radical (unpaired) electrons. The average molecular weight is 236 g/mol. The van der Waals surface area contributed by atoms with Crippen molar-refractivity contribution in [3.8, 4) is 0 Å². The van der Waals surface area contributed by atoms with Gasteiger partial charge in [0.1, 0.15) is 24.4 Å². The number of methoxy groups -OCH3 is 4. The van der Waals surface area contributed by atoms with Crippen molar-refractivity contribution >= 4 is 0 Å². The van der Waals surface area contributed by atoms with Gasteiger partial charge in [-0.3, -0.25) is 0 Å². The molecule has 6 nitrogen and oxygen atoms in total. The first-order valence-corrected chi connectivity index (χ1v) is 5.10. The molecule has 1 saturated heterocycles. The fraction of sp³-hybridized carbons (Fsp3) is 1.00. The molecule has 0 aromatic carbocycles. The van der Waals surface area contributed by atoms with E-state index >= 15 is 0 Å². The van der Waals surface area contributed by atoms with Gasteiger partial charge in [-0.05, 0) is 0 Å². The molecule has 1 aliphatic rings. The van der Waals surface area contributed by atoms with Crippen molar-refractivity contribution in [2.24, 2.45) is 0 Å². The summed E-state index contributed by atoms with van der Waals surface area (Å²) in [6.45, 7) is 0.325. The third-order valence-electron chi connectivity index (χ3n) is 2.72. The molecule has 0 bridgehead atoms. The van der Waals surface area contributed by atoms with Crippen molar-refractivity contribution in [1.29, 1.82) is 0 Å². The maximum Gasteiger partial charge on any atom is 0.186 e. The SMILES string of the molecule is COC[C@H]1O[C@@H](OC)[C@H](OC)[C@@H](O)[C@H]1OC. The molecule has 0 spiro atoms. The molecule has 16 heavy (non-hydrogen) atoms. The van der Waals surface area contributed by atoms with E-state index in [1.807, 2.05) is 0 Å². The van der Waals surface area contributed by atoms with E-state index in [4.69, 9.17) is 23.7 Å². The molecule has 1 heterocycles. The Morgan fingerprint density at radius 1 is 1.00 bits per heavy atom. The molecule has 1 fully saturated rings. The molecule has 1 aliphatic heterocycles. The Morgan fingerprint density at radius 3 is 2.06 bits per heavy atom. The number of ether oxygens (including phenoxy) is 5. The van der Waals surface area contributed by atoms with E-state index in [-0.39, 0.29) is 6.10 Å². The summed E-state index contributed by atoms with van der Waals surface area (Å²) in [5.74, 6) is 0. The number of aliphatic hydroxyl groups is 1. The Kier molecular flexibility index (Phi) is 5.60. The van der Waals surface area contributed by atoms with Gasteiger partial charge in [-0.2, -0.15) is 0 Å². The Morgan fingerprint density at radius 2 is 1.62 bits per heavy atom. The van der Waals surface area contributed by atoms with Crippen LogP contribution < -0.4 is 0 Å². The standard InChI is InChI=1S/C10H20O6/c1-12-5-6-8(13-2)7(11)9(14-3)10(15-4)16-6/h6-11H,5H2,1-4H3/t6-,7+,8+,9-,10-/m1/s1. The largest absolute Gasteiger partial charge is 0.387 e. The van der Waals surface area contributed by atoms with Crippen LogP contribution in [0.1, 0.15) is 0 Å². The first-order valence-electron chi connectivity index (χ1n) is 5.10. The number of aliphatic hydroxyl groups excluding tert-OH is 1. The smallest absolute Gasteiger partial charge is 0.186 e. The van der Waals surface area contributed by atoms with Gasteiger partial charge in [0.15, 0.2) is 6.29 Å². The van der Waals surface area contributed by atoms with E-state index in [9.17, 15) is 5.11 Å². The fourth-order valence-electron chi connectivity index (χ4n) is 1.92. The van der Waals surface area contributed by atoms with Gasteiger partial charge < -0.3 is 28.8 Å². The molecule has 0 aromatic rings. The van der Waals surface area contributed by atoms with Crippen LogP contribution in [0.15, 0.2) is 0 Å². The lowest BCUT2D eigenvalue weighted by molar-refractivity contribution is -0.303. The number of hydrogen-bond donors (Lipinski definition) is 1.